The van der Waals surface area contributed by atoms with Crippen LogP contribution in [-0.4, -0.2) is 51.2 Å². The first-order valence-electron chi connectivity index (χ1n) is 10.1. The average molecular weight is 450 g/mol. The van der Waals surface area contributed by atoms with Crippen molar-refractivity contribution < 1.29 is 18.0 Å². The molecule has 0 bridgehead atoms. The van der Waals surface area contributed by atoms with Crippen LogP contribution in [0.5, 0.6) is 0 Å². The average Bonchev–Trinajstić information content (AvgIpc) is 3.52. The van der Waals surface area contributed by atoms with Gasteiger partial charge in [-0.15, -0.1) is 11.3 Å². The van der Waals surface area contributed by atoms with Crippen molar-refractivity contribution in [2.24, 2.45) is 0 Å². The molecule has 4 rings (SSSR count). The monoisotopic (exact) mass is 449 g/mol. The summed E-state index contributed by atoms with van der Waals surface area (Å²) in [6.45, 7) is 4.39. The van der Waals surface area contributed by atoms with Gasteiger partial charge in [0.05, 0.1) is 17.4 Å². The number of rotatable bonds is 6. The molecule has 3 heterocycles. The second-order valence-electron chi connectivity index (χ2n) is 7.40. The Balaban J connectivity index is 1.55. The predicted molar refractivity (Wildman–Crippen MR) is 112 cm³/mol. The number of hydrogen-bond acceptors (Lipinski definition) is 5. The fraction of sp³-hybridized carbons (Fsp3) is 0.381. The molecule has 0 spiro atoms. The maximum atomic E-state index is 13.0. The van der Waals surface area contributed by atoms with Crippen LogP contribution in [0.3, 0.4) is 0 Å². The largest absolute Gasteiger partial charge is 0.416 e. The molecule has 1 N–H and O–H groups in total. The number of nitrogens with zero attached hydrogens (tertiary/aromatic N) is 4. The molecule has 2 aromatic heterocycles. The lowest BCUT2D eigenvalue weighted by molar-refractivity contribution is -0.137. The Kier molecular flexibility index (Phi) is 6.10. The van der Waals surface area contributed by atoms with Crippen molar-refractivity contribution in [2.75, 3.05) is 19.6 Å². The minimum absolute atomic E-state index is 0.0941. The highest BCUT2D eigenvalue weighted by Gasteiger charge is 2.31. The summed E-state index contributed by atoms with van der Waals surface area (Å²) in [6, 6.07) is 5.14. The van der Waals surface area contributed by atoms with Crippen molar-refractivity contribution >= 4 is 17.2 Å². The molecule has 1 aliphatic heterocycles. The molecule has 0 aliphatic carbocycles. The zero-order valence-corrected chi connectivity index (χ0v) is 17.7. The third kappa shape index (κ3) is 4.64. The fourth-order valence-corrected chi connectivity index (χ4v) is 4.42. The van der Waals surface area contributed by atoms with Gasteiger partial charge >= 0.3 is 6.18 Å². The molecule has 1 saturated heterocycles. The van der Waals surface area contributed by atoms with Crippen LogP contribution >= 0.6 is 11.3 Å². The van der Waals surface area contributed by atoms with Crippen LogP contribution < -0.4 is 5.32 Å². The topological polar surface area (TPSA) is 63.1 Å². The minimum atomic E-state index is -4.42. The van der Waals surface area contributed by atoms with E-state index < -0.39 is 11.7 Å². The van der Waals surface area contributed by atoms with Gasteiger partial charge in [0.25, 0.3) is 5.91 Å². The van der Waals surface area contributed by atoms with Gasteiger partial charge in [0.2, 0.25) is 0 Å². The minimum Gasteiger partial charge on any atom is -0.333 e. The van der Waals surface area contributed by atoms with Crippen molar-refractivity contribution in [1.29, 1.82) is 0 Å². The molecular weight excluding hydrogens is 427 g/mol. The first kappa shape index (κ1) is 21.5. The van der Waals surface area contributed by atoms with Gasteiger partial charge in [-0.2, -0.15) is 18.3 Å². The molecule has 0 unspecified atom stereocenters. The summed E-state index contributed by atoms with van der Waals surface area (Å²) in [5.74, 6) is -0.0941. The lowest BCUT2D eigenvalue weighted by Gasteiger charge is -2.27. The maximum Gasteiger partial charge on any atom is 0.416 e. The number of nitrogens with one attached hydrogen (secondary N) is 1. The molecule has 0 radical (unpaired) electrons. The highest BCUT2D eigenvalue weighted by Crippen LogP contribution is 2.31. The number of halogens is 3. The third-order valence-corrected chi connectivity index (χ3v) is 6.08. The molecule has 3 aromatic rings. The molecule has 1 aliphatic rings. The third-order valence-electron chi connectivity index (χ3n) is 5.19. The zero-order valence-electron chi connectivity index (χ0n) is 16.9. The first-order valence-corrected chi connectivity index (χ1v) is 10.9. The number of carbonyl (C=O) groups excluding carboxylic acids is 1. The van der Waals surface area contributed by atoms with E-state index in [2.05, 4.69) is 15.4 Å². The number of benzene rings is 1. The quantitative estimate of drug-likeness (QED) is 0.612. The van der Waals surface area contributed by atoms with Gasteiger partial charge in [-0.05, 0) is 37.6 Å². The number of aromatic nitrogens is 3. The van der Waals surface area contributed by atoms with Crippen LogP contribution in [0.2, 0.25) is 0 Å². The van der Waals surface area contributed by atoms with E-state index in [4.69, 9.17) is 0 Å². The summed E-state index contributed by atoms with van der Waals surface area (Å²) in [7, 11) is 0. The van der Waals surface area contributed by atoms with Crippen LogP contribution in [-0.2, 0) is 6.18 Å². The Morgan fingerprint density at radius 2 is 2.23 bits per heavy atom. The van der Waals surface area contributed by atoms with Crippen LogP contribution in [0.4, 0.5) is 13.2 Å². The molecule has 164 valence electrons. The van der Waals surface area contributed by atoms with Gasteiger partial charge < -0.3 is 10.2 Å². The molecular formula is C21H22F3N5OS. The summed E-state index contributed by atoms with van der Waals surface area (Å²) < 4.78 is 40.3. The number of alkyl halides is 3. The lowest BCUT2D eigenvalue weighted by atomic mass is 10.2. The van der Waals surface area contributed by atoms with Crippen LogP contribution in [0, 0.1) is 0 Å². The normalized spacial score (nSPS) is 16.6. The molecule has 10 heteroatoms. The number of amides is 1. The van der Waals surface area contributed by atoms with E-state index in [1.54, 1.807) is 17.6 Å². The molecule has 1 fully saturated rings. The molecule has 6 nitrogen and oxygen atoms in total. The Morgan fingerprint density at radius 3 is 2.94 bits per heavy atom. The molecule has 0 saturated carbocycles. The van der Waals surface area contributed by atoms with E-state index in [9.17, 15) is 18.0 Å². The lowest BCUT2D eigenvalue weighted by Crippen LogP contribution is -2.42. The van der Waals surface area contributed by atoms with E-state index >= 15 is 0 Å². The standard InChI is InChI=1S/C21H22F3N5OS/c1-2-8-28(17-6-7-25-11-17)20(30)18-13-31-19(27-18)14-10-26-29(12-14)16-5-3-4-15(9-16)21(22,23)24/h3-5,9-10,12-13,17,25H,2,6-8,11H2,1H3/t17-/m1/s1. The Bertz CT molecular complexity index is 1060. The van der Waals surface area contributed by atoms with Gasteiger partial charge in [0, 0.05) is 36.3 Å². The van der Waals surface area contributed by atoms with Crippen LogP contribution in [0.1, 0.15) is 35.8 Å². The first-order chi connectivity index (χ1) is 14.9. The molecule has 1 aromatic carbocycles. The molecule has 1 amide bonds. The van der Waals surface area contributed by atoms with Gasteiger partial charge in [-0.3, -0.25) is 4.79 Å². The SMILES string of the molecule is CCCN(C(=O)c1csc(-c2cnn(-c3cccc(C(F)(F)F)c3)c2)n1)[C@@H]1CCNC1. The van der Waals surface area contributed by atoms with Crippen molar-refractivity contribution in [3.63, 3.8) is 0 Å². The zero-order chi connectivity index (χ0) is 22.0. The second-order valence-corrected chi connectivity index (χ2v) is 8.26. The van der Waals surface area contributed by atoms with Gasteiger partial charge in [-0.1, -0.05) is 13.0 Å². The van der Waals surface area contributed by atoms with E-state index in [1.807, 2.05) is 11.8 Å². The highest BCUT2D eigenvalue weighted by atomic mass is 32.1. The van der Waals surface area contributed by atoms with E-state index in [1.165, 1.54) is 28.3 Å². The fourth-order valence-electron chi connectivity index (χ4n) is 3.65. The smallest absolute Gasteiger partial charge is 0.333 e. The number of carbonyl (C=O) groups is 1. The summed E-state index contributed by atoms with van der Waals surface area (Å²) in [6.07, 6.45) is 0.524. The Labute approximate surface area is 181 Å². The van der Waals surface area contributed by atoms with Gasteiger partial charge in [-0.25, -0.2) is 9.67 Å². The van der Waals surface area contributed by atoms with Crippen molar-refractivity contribution in [1.82, 2.24) is 25.0 Å². The summed E-state index contributed by atoms with van der Waals surface area (Å²) in [5, 5.41) is 9.79. The van der Waals surface area contributed by atoms with E-state index in [0.717, 1.165) is 38.1 Å². The van der Waals surface area contributed by atoms with Gasteiger partial charge in [0.1, 0.15) is 10.7 Å². The number of hydrogen-bond donors (Lipinski definition) is 1. The van der Waals surface area contributed by atoms with Crippen molar-refractivity contribution in [3.05, 3.63) is 53.3 Å². The molecule has 31 heavy (non-hydrogen) atoms. The van der Waals surface area contributed by atoms with Gasteiger partial charge in [0.15, 0.2) is 0 Å². The summed E-state index contributed by atoms with van der Waals surface area (Å²) in [5.41, 5.74) is 0.594. The van der Waals surface area contributed by atoms with E-state index in [0.29, 0.717) is 28.5 Å². The Morgan fingerprint density at radius 1 is 1.39 bits per heavy atom. The van der Waals surface area contributed by atoms with Crippen LogP contribution in [0.15, 0.2) is 42.0 Å². The van der Waals surface area contributed by atoms with Crippen LogP contribution in [0.25, 0.3) is 16.3 Å². The highest BCUT2D eigenvalue weighted by molar-refractivity contribution is 7.13. The predicted octanol–water partition coefficient (Wildman–Crippen LogP) is 4.23. The second kappa shape index (κ2) is 8.80. The van der Waals surface area contributed by atoms with Crippen molar-refractivity contribution in [3.8, 4) is 16.3 Å². The molecule has 1 atom stereocenters. The Hall–Kier alpha value is -2.72. The number of thiazole rings is 1. The summed E-state index contributed by atoms with van der Waals surface area (Å²) >= 11 is 1.32. The summed E-state index contributed by atoms with van der Waals surface area (Å²) in [4.78, 5) is 19.4. The van der Waals surface area contributed by atoms with Crippen molar-refractivity contribution in [2.45, 2.75) is 32.0 Å². The maximum absolute atomic E-state index is 13.0. The van der Waals surface area contributed by atoms with E-state index in [-0.39, 0.29) is 11.9 Å².